The van der Waals surface area contributed by atoms with Crippen LogP contribution in [0.25, 0.3) is 0 Å². The summed E-state index contributed by atoms with van der Waals surface area (Å²) in [5.41, 5.74) is -0.00637. The van der Waals surface area contributed by atoms with Gasteiger partial charge in [-0.15, -0.1) is 0 Å². The van der Waals surface area contributed by atoms with Crippen molar-refractivity contribution in [2.45, 2.75) is 0 Å². The summed E-state index contributed by atoms with van der Waals surface area (Å²) in [5, 5.41) is 16.5. The lowest BCUT2D eigenvalue weighted by molar-refractivity contribution is -0.384. The molecule has 25 heavy (non-hydrogen) atoms. The Morgan fingerprint density at radius 3 is 2.72 bits per heavy atom. The Morgan fingerprint density at radius 1 is 1.28 bits per heavy atom. The van der Waals surface area contributed by atoms with Crippen molar-refractivity contribution in [2.75, 3.05) is 30.9 Å². The maximum Gasteiger partial charge on any atom is 0.270 e. The Labute approximate surface area is 147 Å². The molecule has 0 spiro atoms. The van der Waals surface area contributed by atoms with E-state index in [1.807, 2.05) is 0 Å². The van der Waals surface area contributed by atoms with E-state index in [4.69, 9.17) is 16.3 Å². The molecule has 0 aromatic heterocycles. The van der Waals surface area contributed by atoms with Crippen LogP contribution >= 0.6 is 11.6 Å². The molecule has 0 aliphatic carbocycles. The maximum atomic E-state index is 13.8. The topological polar surface area (TPSA) is 93.5 Å². The fraction of sp³-hybridized carbons (Fsp3) is 0.188. The van der Waals surface area contributed by atoms with Crippen molar-refractivity contribution in [1.29, 1.82) is 0 Å². The number of nitro benzene ring substituents is 1. The van der Waals surface area contributed by atoms with E-state index in [2.05, 4.69) is 10.6 Å². The van der Waals surface area contributed by atoms with Gasteiger partial charge in [-0.3, -0.25) is 14.9 Å². The third-order valence-corrected chi connectivity index (χ3v) is 3.49. The molecule has 1 amide bonds. The van der Waals surface area contributed by atoms with Gasteiger partial charge in [0, 0.05) is 36.5 Å². The lowest BCUT2D eigenvalue weighted by Gasteiger charge is -2.12. The Bertz CT molecular complexity index is 801. The molecule has 0 saturated carbocycles. The van der Waals surface area contributed by atoms with Gasteiger partial charge in [-0.25, -0.2) is 4.39 Å². The minimum atomic E-state index is -0.704. The van der Waals surface area contributed by atoms with Crippen LogP contribution in [0.1, 0.15) is 10.4 Å². The van der Waals surface area contributed by atoms with E-state index in [9.17, 15) is 19.3 Å². The first-order valence-corrected chi connectivity index (χ1v) is 7.58. The zero-order chi connectivity index (χ0) is 18.4. The molecule has 0 bridgehead atoms. The van der Waals surface area contributed by atoms with Gasteiger partial charge in [-0.1, -0.05) is 11.6 Å². The number of hydrogen-bond acceptors (Lipinski definition) is 5. The molecule has 2 aromatic rings. The number of methoxy groups -OCH3 is 1. The van der Waals surface area contributed by atoms with E-state index < -0.39 is 16.6 Å². The summed E-state index contributed by atoms with van der Waals surface area (Å²) in [6.07, 6.45) is 0. The van der Waals surface area contributed by atoms with E-state index in [-0.39, 0.29) is 22.0 Å². The highest BCUT2D eigenvalue weighted by Gasteiger charge is 2.18. The minimum Gasteiger partial charge on any atom is -0.383 e. The van der Waals surface area contributed by atoms with Crippen molar-refractivity contribution in [3.05, 3.63) is 62.9 Å². The number of nitrogens with zero attached hydrogens (tertiary/aromatic N) is 1. The summed E-state index contributed by atoms with van der Waals surface area (Å²) >= 11 is 5.80. The van der Waals surface area contributed by atoms with Crippen LogP contribution in [0.3, 0.4) is 0 Å². The quantitative estimate of drug-likeness (QED) is 0.442. The fourth-order valence-corrected chi connectivity index (χ4v) is 2.23. The normalized spacial score (nSPS) is 10.4. The first kappa shape index (κ1) is 18.6. The number of amides is 1. The highest BCUT2D eigenvalue weighted by molar-refractivity contribution is 6.31. The molecule has 9 heteroatoms. The number of ether oxygens (including phenoxy) is 1. The number of nitro groups is 1. The molecule has 0 heterocycles. The molecule has 2 rings (SSSR count). The predicted molar refractivity (Wildman–Crippen MR) is 92.8 cm³/mol. The van der Waals surface area contributed by atoms with Crippen LogP contribution in [0, 0.1) is 15.9 Å². The number of benzene rings is 2. The molecule has 7 nitrogen and oxygen atoms in total. The summed E-state index contributed by atoms with van der Waals surface area (Å²) in [5.74, 6) is -1.37. The first-order valence-electron chi connectivity index (χ1n) is 7.20. The molecule has 0 aliphatic rings. The number of nitrogens with one attached hydrogen (secondary N) is 2. The van der Waals surface area contributed by atoms with E-state index in [0.717, 1.165) is 12.1 Å². The molecule has 132 valence electrons. The van der Waals surface area contributed by atoms with Gasteiger partial charge in [-0.2, -0.15) is 0 Å². The molecule has 0 unspecified atom stereocenters. The standard InChI is InChI=1S/C16H15ClFN3O4/c1-25-7-6-19-14-5-3-11(21(23)24)9-12(14)16(22)20-15-8-10(17)2-4-13(15)18/h2-5,8-9,19H,6-7H2,1H3,(H,20,22). The minimum absolute atomic E-state index is 0.00433. The van der Waals surface area contributed by atoms with Gasteiger partial charge in [0.05, 0.1) is 22.8 Å². The fourth-order valence-electron chi connectivity index (χ4n) is 2.06. The van der Waals surface area contributed by atoms with Crippen LogP contribution in [-0.2, 0) is 4.74 Å². The van der Waals surface area contributed by atoms with Crippen molar-refractivity contribution in [1.82, 2.24) is 0 Å². The zero-order valence-electron chi connectivity index (χ0n) is 13.2. The average Bonchev–Trinajstić information content (AvgIpc) is 2.58. The zero-order valence-corrected chi connectivity index (χ0v) is 14.0. The van der Waals surface area contributed by atoms with E-state index >= 15 is 0 Å². The van der Waals surface area contributed by atoms with E-state index in [0.29, 0.717) is 18.8 Å². The second-order valence-electron chi connectivity index (χ2n) is 4.98. The van der Waals surface area contributed by atoms with Crippen molar-refractivity contribution >= 4 is 34.6 Å². The van der Waals surface area contributed by atoms with Gasteiger partial charge in [0.25, 0.3) is 11.6 Å². The molecule has 0 saturated heterocycles. The number of carbonyl (C=O) groups excluding carboxylic acids is 1. The summed E-state index contributed by atoms with van der Waals surface area (Å²) in [4.78, 5) is 22.8. The summed E-state index contributed by atoms with van der Waals surface area (Å²) in [6, 6.07) is 7.51. The smallest absolute Gasteiger partial charge is 0.270 e. The van der Waals surface area contributed by atoms with Gasteiger partial charge < -0.3 is 15.4 Å². The number of anilines is 2. The molecule has 0 radical (unpaired) electrons. The monoisotopic (exact) mass is 367 g/mol. The molecule has 0 atom stereocenters. The number of carbonyl (C=O) groups is 1. The summed E-state index contributed by atoms with van der Waals surface area (Å²) in [6.45, 7) is 0.765. The summed E-state index contributed by atoms with van der Waals surface area (Å²) in [7, 11) is 1.52. The first-order chi connectivity index (χ1) is 11.9. The SMILES string of the molecule is COCCNc1ccc([N+](=O)[O-])cc1C(=O)Nc1cc(Cl)ccc1F. The molecule has 0 fully saturated rings. The number of halogens is 2. The lowest BCUT2D eigenvalue weighted by atomic mass is 10.1. The molecule has 2 aromatic carbocycles. The molecule has 2 N–H and O–H groups in total. The lowest BCUT2D eigenvalue weighted by Crippen LogP contribution is -2.17. The average molecular weight is 368 g/mol. The van der Waals surface area contributed by atoms with Crippen LogP contribution in [-0.4, -0.2) is 31.1 Å². The molecular weight excluding hydrogens is 353 g/mol. The second kappa shape index (κ2) is 8.41. The summed E-state index contributed by atoms with van der Waals surface area (Å²) < 4.78 is 18.7. The molecular formula is C16H15ClFN3O4. The Hall–Kier alpha value is -2.71. The number of rotatable bonds is 7. The van der Waals surface area contributed by atoms with Crippen LogP contribution in [0.2, 0.25) is 5.02 Å². The van der Waals surface area contributed by atoms with Crippen LogP contribution in [0.4, 0.5) is 21.5 Å². The Kier molecular flexibility index (Phi) is 6.26. The highest BCUT2D eigenvalue weighted by atomic mass is 35.5. The van der Waals surface area contributed by atoms with Gasteiger partial charge in [-0.05, 0) is 24.3 Å². The molecule has 0 aliphatic heterocycles. The Balaban J connectivity index is 2.32. The Morgan fingerprint density at radius 2 is 2.04 bits per heavy atom. The van der Waals surface area contributed by atoms with Gasteiger partial charge in [0.15, 0.2) is 0 Å². The second-order valence-corrected chi connectivity index (χ2v) is 5.42. The van der Waals surface area contributed by atoms with E-state index in [1.165, 1.54) is 31.4 Å². The van der Waals surface area contributed by atoms with Crippen LogP contribution in [0.15, 0.2) is 36.4 Å². The van der Waals surface area contributed by atoms with Crippen molar-refractivity contribution in [3.8, 4) is 0 Å². The van der Waals surface area contributed by atoms with Crippen LogP contribution in [0.5, 0.6) is 0 Å². The number of hydrogen-bond donors (Lipinski definition) is 2. The van der Waals surface area contributed by atoms with Gasteiger partial charge in [0.2, 0.25) is 0 Å². The van der Waals surface area contributed by atoms with Crippen LogP contribution < -0.4 is 10.6 Å². The number of non-ortho nitro benzene ring substituents is 1. The largest absolute Gasteiger partial charge is 0.383 e. The maximum absolute atomic E-state index is 13.8. The third kappa shape index (κ3) is 4.88. The van der Waals surface area contributed by atoms with Gasteiger partial charge in [0.1, 0.15) is 5.82 Å². The van der Waals surface area contributed by atoms with E-state index in [1.54, 1.807) is 0 Å². The van der Waals surface area contributed by atoms with Gasteiger partial charge >= 0.3 is 0 Å². The van der Waals surface area contributed by atoms with Crippen molar-refractivity contribution < 1.29 is 18.8 Å². The third-order valence-electron chi connectivity index (χ3n) is 3.26. The van der Waals surface area contributed by atoms with Crippen molar-refractivity contribution in [3.63, 3.8) is 0 Å². The highest BCUT2D eigenvalue weighted by Crippen LogP contribution is 2.25. The predicted octanol–water partition coefficient (Wildman–Crippen LogP) is 3.70. The van der Waals surface area contributed by atoms with Crippen molar-refractivity contribution in [2.24, 2.45) is 0 Å².